The summed E-state index contributed by atoms with van der Waals surface area (Å²) in [6.07, 6.45) is 4.91. The molecule has 1 saturated heterocycles. The van der Waals surface area contributed by atoms with Crippen LogP contribution in [-0.2, 0) is 11.3 Å². The number of aromatic nitrogens is 1. The van der Waals surface area contributed by atoms with Gasteiger partial charge in [-0.25, -0.2) is 0 Å². The molecule has 3 rings (SSSR count). The van der Waals surface area contributed by atoms with Crippen molar-refractivity contribution in [1.29, 1.82) is 0 Å². The van der Waals surface area contributed by atoms with E-state index in [0.29, 0.717) is 6.10 Å². The molecule has 1 aliphatic rings. The van der Waals surface area contributed by atoms with Gasteiger partial charge in [-0.1, -0.05) is 18.2 Å². The molecule has 1 aliphatic heterocycles. The van der Waals surface area contributed by atoms with Crippen molar-refractivity contribution in [3.63, 3.8) is 0 Å². The molecule has 0 radical (unpaired) electrons. The molecular formula is C14H18N2O. The van der Waals surface area contributed by atoms with Crippen molar-refractivity contribution in [1.82, 2.24) is 10.3 Å². The standard InChI is InChI=1S/C14H18N2O/c1-2-6-14-13(5-1)11(9-16-14)8-15-10-12-4-3-7-17-12/h1-2,5-6,9,12,15-16H,3-4,7-8,10H2. The summed E-state index contributed by atoms with van der Waals surface area (Å²) in [5, 5.41) is 4.79. The molecule has 0 bridgehead atoms. The van der Waals surface area contributed by atoms with E-state index in [2.05, 4.69) is 40.8 Å². The van der Waals surface area contributed by atoms with Gasteiger partial charge in [-0.2, -0.15) is 0 Å². The smallest absolute Gasteiger partial charge is 0.0700 e. The van der Waals surface area contributed by atoms with E-state index < -0.39 is 0 Å². The number of rotatable bonds is 4. The zero-order valence-electron chi connectivity index (χ0n) is 9.91. The maximum atomic E-state index is 5.59. The van der Waals surface area contributed by atoms with E-state index in [-0.39, 0.29) is 0 Å². The van der Waals surface area contributed by atoms with Crippen molar-refractivity contribution >= 4 is 10.9 Å². The Hall–Kier alpha value is -1.32. The lowest BCUT2D eigenvalue weighted by Gasteiger charge is -2.10. The van der Waals surface area contributed by atoms with Crippen LogP contribution in [0, 0.1) is 0 Å². The lowest BCUT2D eigenvalue weighted by atomic mass is 10.1. The van der Waals surface area contributed by atoms with E-state index in [9.17, 15) is 0 Å². The Morgan fingerprint density at radius 2 is 2.29 bits per heavy atom. The quantitative estimate of drug-likeness (QED) is 0.846. The van der Waals surface area contributed by atoms with Crippen LogP contribution in [0.2, 0.25) is 0 Å². The average molecular weight is 230 g/mol. The third-order valence-electron chi connectivity index (χ3n) is 3.39. The van der Waals surface area contributed by atoms with Gasteiger partial charge in [-0.15, -0.1) is 0 Å². The molecule has 1 fully saturated rings. The topological polar surface area (TPSA) is 37.0 Å². The van der Waals surface area contributed by atoms with Gasteiger partial charge in [0, 0.05) is 36.8 Å². The number of fused-ring (bicyclic) bond motifs is 1. The third-order valence-corrected chi connectivity index (χ3v) is 3.39. The monoisotopic (exact) mass is 230 g/mol. The summed E-state index contributed by atoms with van der Waals surface area (Å²) in [5.74, 6) is 0. The maximum absolute atomic E-state index is 5.59. The summed E-state index contributed by atoms with van der Waals surface area (Å²) in [6, 6.07) is 8.41. The third kappa shape index (κ3) is 2.35. The molecule has 1 atom stereocenters. The second-order valence-electron chi connectivity index (χ2n) is 4.63. The van der Waals surface area contributed by atoms with Crippen LogP contribution >= 0.6 is 0 Å². The van der Waals surface area contributed by atoms with E-state index >= 15 is 0 Å². The number of hydrogen-bond acceptors (Lipinski definition) is 2. The van der Waals surface area contributed by atoms with Gasteiger partial charge < -0.3 is 15.0 Å². The molecule has 0 amide bonds. The summed E-state index contributed by atoms with van der Waals surface area (Å²) < 4.78 is 5.59. The number of nitrogens with one attached hydrogen (secondary N) is 2. The largest absolute Gasteiger partial charge is 0.377 e. The molecule has 2 N–H and O–H groups in total. The Morgan fingerprint density at radius 3 is 3.18 bits per heavy atom. The van der Waals surface area contributed by atoms with Crippen molar-refractivity contribution in [3.8, 4) is 0 Å². The van der Waals surface area contributed by atoms with E-state index in [4.69, 9.17) is 4.74 Å². The Balaban J connectivity index is 1.60. The van der Waals surface area contributed by atoms with Gasteiger partial charge in [0.25, 0.3) is 0 Å². The summed E-state index contributed by atoms with van der Waals surface area (Å²) in [5.41, 5.74) is 2.54. The number of aromatic amines is 1. The van der Waals surface area contributed by atoms with Gasteiger partial charge in [0.05, 0.1) is 6.10 Å². The summed E-state index contributed by atoms with van der Waals surface area (Å²) in [6.45, 7) is 2.79. The molecule has 0 aliphatic carbocycles. The molecule has 1 unspecified atom stereocenters. The highest BCUT2D eigenvalue weighted by Gasteiger charge is 2.14. The second kappa shape index (κ2) is 4.90. The van der Waals surface area contributed by atoms with Gasteiger partial charge in [-0.3, -0.25) is 0 Å². The zero-order chi connectivity index (χ0) is 11.5. The van der Waals surface area contributed by atoms with Gasteiger partial charge in [0.2, 0.25) is 0 Å². The van der Waals surface area contributed by atoms with Crippen LogP contribution in [-0.4, -0.2) is 24.2 Å². The molecule has 1 aromatic heterocycles. The fourth-order valence-electron chi connectivity index (χ4n) is 2.45. The highest BCUT2D eigenvalue weighted by atomic mass is 16.5. The SMILES string of the molecule is c1ccc2c(CNCC3CCCO3)c[nH]c2c1. The van der Waals surface area contributed by atoms with Crippen LogP contribution in [0.5, 0.6) is 0 Å². The molecule has 2 aromatic rings. The minimum absolute atomic E-state index is 0.417. The first-order valence-corrected chi connectivity index (χ1v) is 6.31. The van der Waals surface area contributed by atoms with Gasteiger partial charge >= 0.3 is 0 Å². The van der Waals surface area contributed by atoms with Crippen LogP contribution in [0.4, 0.5) is 0 Å². The fourth-order valence-corrected chi connectivity index (χ4v) is 2.45. The van der Waals surface area contributed by atoms with Gasteiger partial charge in [-0.05, 0) is 24.5 Å². The summed E-state index contributed by atoms with van der Waals surface area (Å²) in [7, 11) is 0. The molecule has 0 spiro atoms. The normalized spacial score (nSPS) is 20.1. The predicted octanol–water partition coefficient (Wildman–Crippen LogP) is 2.44. The van der Waals surface area contributed by atoms with Crippen LogP contribution in [0.15, 0.2) is 30.5 Å². The van der Waals surface area contributed by atoms with Gasteiger partial charge in [0.1, 0.15) is 0 Å². The first-order chi connectivity index (χ1) is 8.43. The Bertz CT molecular complexity index is 486. The number of para-hydroxylation sites is 1. The Kier molecular flexibility index (Phi) is 3.12. The van der Waals surface area contributed by atoms with Crippen molar-refractivity contribution in [2.45, 2.75) is 25.5 Å². The number of benzene rings is 1. The molecule has 17 heavy (non-hydrogen) atoms. The Morgan fingerprint density at radius 1 is 1.35 bits per heavy atom. The molecule has 90 valence electrons. The summed E-state index contributed by atoms with van der Waals surface area (Å²) in [4.78, 5) is 3.30. The predicted molar refractivity (Wildman–Crippen MR) is 69.0 cm³/mol. The molecule has 3 heteroatoms. The van der Waals surface area contributed by atoms with Crippen LogP contribution in [0.25, 0.3) is 10.9 Å². The highest BCUT2D eigenvalue weighted by Crippen LogP contribution is 2.17. The Labute approximate surface area is 101 Å². The molecule has 2 heterocycles. The molecule has 0 saturated carbocycles. The second-order valence-corrected chi connectivity index (χ2v) is 4.63. The first kappa shape index (κ1) is 10.8. The number of H-pyrrole nitrogens is 1. The maximum Gasteiger partial charge on any atom is 0.0700 e. The van der Waals surface area contributed by atoms with Crippen LogP contribution < -0.4 is 5.32 Å². The number of ether oxygens (including phenoxy) is 1. The fraction of sp³-hybridized carbons (Fsp3) is 0.429. The van der Waals surface area contributed by atoms with Crippen LogP contribution in [0.3, 0.4) is 0 Å². The first-order valence-electron chi connectivity index (χ1n) is 6.31. The van der Waals surface area contributed by atoms with E-state index in [1.807, 2.05) is 0 Å². The van der Waals surface area contributed by atoms with E-state index in [1.165, 1.54) is 29.3 Å². The number of hydrogen-bond donors (Lipinski definition) is 2. The zero-order valence-corrected chi connectivity index (χ0v) is 9.91. The minimum Gasteiger partial charge on any atom is -0.377 e. The lowest BCUT2D eigenvalue weighted by Crippen LogP contribution is -2.25. The van der Waals surface area contributed by atoms with Crippen molar-refractivity contribution in [2.75, 3.05) is 13.2 Å². The molecule has 1 aromatic carbocycles. The van der Waals surface area contributed by atoms with Gasteiger partial charge in [0.15, 0.2) is 0 Å². The lowest BCUT2D eigenvalue weighted by molar-refractivity contribution is 0.110. The van der Waals surface area contributed by atoms with E-state index in [0.717, 1.165) is 19.7 Å². The summed E-state index contributed by atoms with van der Waals surface area (Å²) >= 11 is 0. The molecular weight excluding hydrogens is 212 g/mol. The average Bonchev–Trinajstić information content (AvgIpc) is 2.99. The van der Waals surface area contributed by atoms with Crippen LogP contribution in [0.1, 0.15) is 18.4 Å². The van der Waals surface area contributed by atoms with Crippen molar-refractivity contribution in [3.05, 3.63) is 36.0 Å². The van der Waals surface area contributed by atoms with Crippen molar-refractivity contribution in [2.24, 2.45) is 0 Å². The minimum atomic E-state index is 0.417. The van der Waals surface area contributed by atoms with E-state index in [1.54, 1.807) is 0 Å². The highest BCUT2D eigenvalue weighted by molar-refractivity contribution is 5.82. The molecule has 3 nitrogen and oxygen atoms in total. The van der Waals surface area contributed by atoms with Crippen molar-refractivity contribution < 1.29 is 4.74 Å².